The summed E-state index contributed by atoms with van der Waals surface area (Å²) in [6.07, 6.45) is 6.74. The molecule has 0 bridgehead atoms. The number of carbonyl (C=O) groups is 1. The molecule has 1 saturated carbocycles. The van der Waals surface area contributed by atoms with E-state index in [2.05, 4.69) is 5.32 Å². The summed E-state index contributed by atoms with van der Waals surface area (Å²) in [5, 5.41) is 3.66. The number of sulfonamides is 1. The van der Waals surface area contributed by atoms with Gasteiger partial charge in [0.15, 0.2) is 0 Å². The molecule has 152 valence electrons. The molecule has 2 rings (SSSR count). The molecule has 1 aromatic carbocycles. The number of benzene rings is 1. The van der Waals surface area contributed by atoms with Crippen molar-refractivity contribution in [2.45, 2.75) is 64.2 Å². The molecule has 1 unspecified atom stereocenters. The van der Waals surface area contributed by atoms with Gasteiger partial charge in [-0.3, -0.25) is 9.10 Å². The van der Waals surface area contributed by atoms with Crippen LogP contribution in [0.25, 0.3) is 0 Å². The summed E-state index contributed by atoms with van der Waals surface area (Å²) in [5.74, 6) is 0.644. The van der Waals surface area contributed by atoms with E-state index < -0.39 is 16.1 Å². The molecule has 1 aromatic rings. The predicted molar refractivity (Wildman–Crippen MR) is 115 cm³/mol. The lowest BCUT2D eigenvalue weighted by atomic mass is 10.1. The van der Waals surface area contributed by atoms with Crippen molar-refractivity contribution in [3.63, 3.8) is 0 Å². The molecule has 1 amide bonds. The Labute approximate surface area is 168 Å². The van der Waals surface area contributed by atoms with Crippen LogP contribution in [0.5, 0.6) is 0 Å². The molecule has 1 aliphatic rings. The van der Waals surface area contributed by atoms with Crippen molar-refractivity contribution in [3.8, 4) is 0 Å². The zero-order chi connectivity index (χ0) is 20.0. The normalized spacial score (nSPS) is 16.3. The minimum Gasteiger partial charge on any atom is -0.353 e. The molecule has 0 saturated heterocycles. The number of nitrogens with one attached hydrogen (secondary N) is 1. The van der Waals surface area contributed by atoms with Crippen molar-refractivity contribution in [1.82, 2.24) is 5.32 Å². The van der Waals surface area contributed by atoms with E-state index in [1.165, 1.54) is 36.2 Å². The van der Waals surface area contributed by atoms with Gasteiger partial charge in [0.2, 0.25) is 15.9 Å². The monoisotopic (exact) mass is 412 g/mol. The first-order valence-electron chi connectivity index (χ1n) is 9.70. The van der Waals surface area contributed by atoms with E-state index in [9.17, 15) is 13.2 Å². The molecule has 1 fully saturated rings. The van der Waals surface area contributed by atoms with Gasteiger partial charge in [-0.1, -0.05) is 31.9 Å². The number of carbonyl (C=O) groups excluding carboxylic acids is 1. The highest BCUT2D eigenvalue weighted by Crippen LogP contribution is 2.29. The quantitative estimate of drug-likeness (QED) is 0.629. The first-order chi connectivity index (χ1) is 12.7. The van der Waals surface area contributed by atoms with Crippen LogP contribution >= 0.6 is 11.8 Å². The van der Waals surface area contributed by atoms with Gasteiger partial charge in [0.25, 0.3) is 0 Å². The Morgan fingerprint density at radius 1 is 1.30 bits per heavy atom. The molecular formula is C20H32N2O3S2. The van der Waals surface area contributed by atoms with E-state index in [4.69, 9.17) is 0 Å². The first-order valence-corrected chi connectivity index (χ1v) is 12.6. The molecular weight excluding hydrogens is 380 g/mol. The first kappa shape index (κ1) is 22.1. The maximum atomic E-state index is 12.8. The minimum atomic E-state index is -3.59. The van der Waals surface area contributed by atoms with Crippen LogP contribution in [0.4, 0.5) is 5.69 Å². The molecule has 0 aliphatic heterocycles. The van der Waals surface area contributed by atoms with Crippen LogP contribution in [0.2, 0.25) is 0 Å². The second-order valence-corrected chi connectivity index (χ2v) is 10.6. The van der Waals surface area contributed by atoms with Crippen LogP contribution in [0.1, 0.15) is 50.2 Å². The highest BCUT2D eigenvalue weighted by atomic mass is 32.2. The average Bonchev–Trinajstić information content (AvgIpc) is 3.11. The van der Waals surface area contributed by atoms with Crippen molar-refractivity contribution < 1.29 is 13.2 Å². The number of hydrogen-bond acceptors (Lipinski definition) is 4. The molecule has 7 heteroatoms. The maximum Gasteiger partial charge on any atom is 0.243 e. The molecule has 1 atom stereocenters. The topological polar surface area (TPSA) is 66.5 Å². The van der Waals surface area contributed by atoms with Crippen LogP contribution in [-0.4, -0.2) is 44.2 Å². The van der Waals surface area contributed by atoms with Gasteiger partial charge in [-0.25, -0.2) is 8.42 Å². The van der Waals surface area contributed by atoms with Gasteiger partial charge < -0.3 is 5.32 Å². The van der Waals surface area contributed by atoms with Gasteiger partial charge in [-0.2, -0.15) is 11.8 Å². The van der Waals surface area contributed by atoms with Crippen molar-refractivity contribution in [2.24, 2.45) is 0 Å². The Bertz CT molecular complexity index is 744. The van der Waals surface area contributed by atoms with Gasteiger partial charge in [-0.05, 0) is 50.3 Å². The summed E-state index contributed by atoms with van der Waals surface area (Å²) in [6, 6.07) is 4.94. The Balaban J connectivity index is 2.09. The molecule has 0 aromatic heterocycles. The number of thioether (sulfide) groups is 1. The Kier molecular flexibility index (Phi) is 8.04. The van der Waals surface area contributed by atoms with Gasteiger partial charge in [0.05, 0.1) is 11.9 Å². The van der Waals surface area contributed by atoms with Crippen LogP contribution in [0, 0.1) is 13.8 Å². The maximum absolute atomic E-state index is 12.8. The van der Waals surface area contributed by atoms with E-state index in [0.29, 0.717) is 23.9 Å². The second-order valence-electron chi connectivity index (χ2n) is 7.34. The number of nitrogens with zero attached hydrogens (tertiary/aromatic N) is 1. The van der Waals surface area contributed by atoms with Crippen LogP contribution < -0.4 is 9.62 Å². The third kappa shape index (κ3) is 6.14. The highest BCUT2D eigenvalue weighted by molar-refractivity contribution is 7.99. The van der Waals surface area contributed by atoms with Gasteiger partial charge in [-0.15, -0.1) is 0 Å². The summed E-state index contributed by atoms with van der Waals surface area (Å²) >= 11 is 1.91. The van der Waals surface area contributed by atoms with Gasteiger partial charge in [0, 0.05) is 17.5 Å². The number of anilines is 1. The smallest absolute Gasteiger partial charge is 0.243 e. The van der Waals surface area contributed by atoms with E-state index in [1.54, 1.807) is 0 Å². The highest BCUT2D eigenvalue weighted by Gasteiger charge is 2.32. The van der Waals surface area contributed by atoms with Gasteiger partial charge in [0.1, 0.15) is 6.04 Å². The van der Waals surface area contributed by atoms with Crippen molar-refractivity contribution in [3.05, 3.63) is 29.3 Å². The fraction of sp³-hybridized carbons (Fsp3) is 0.650. The summed E-state index contributed by atoms with van der Waals surface area (Å²) in [5.41, 5.74) is 2.39. The predicted octanol–water partition coefficient (Wildman–Crippen LogP) is 3.64. The van der Waals surface area contributed by atoms with Crippen molar-refractivity contribution in [2.75, 3.05) is 22.9 Å². The Morgan fingerprint density at radius 2 is 1.96 bits per heavy atom. The van der Waals surface area contributed by atoms with E-state index in [1.807, 2.05) is 50.7 Å². The standard InChI is InChI=1S/C20H32N2O3S2/c1-5-18(20(23)21-12-13-26-17-8-6-7-9-17)22(27(4,24)25)19-14-15(2)10-11-16(19)3/h10-11,14,17-18H,5-9,12-13H2,1-4H3,(H,21,23). The molecule has 5 nitrogen and oxygen atoms in total. The van der Waals surface area contributed by atoms with Crippen LogP contribution in [-0.2, 0) is 14.8 Å². The molecule has 27 heavy (non-hydrogen) atoms. The minimum absolute atomic E-state index is 0.226. The Hall–Kier alpha value is -1.21. The number of amides is 1. The third-order valence-electron chi connectivity index (χ3n) is 4.99. The summed E-state index contributed by atoms with van der Waals surface area (Å²) in [6.45, 7) is 6.21. The largest absolute Gasteiger partial charge is 0.353 e. The SMILES string of the molecule is CCC(C(=O)NCCSC1CCCC1)N(c1cc(C)ccc1C)S(C)(=O)=O. The number of rotatable bonds is 9. The molecule has 0 heterocycles. The second kappa shape index (κ2) is 9.82. The summed E-state index contributed by atoms with van der Waals surface area (Å²) < 4.78 is 26.4. The van der Waals surface area contributed by atoms with Crippen LogP contribution in [0.15, 0.2) is 18.2 Å². The van der Waals surface area contributed by atoms with E-state index in [0.717, 1.165) is 16.9 Å². The van der Waals surface area contributed by atoms with Crippen molar-refractivity contribution in [1.29, 1.82) is 0 Å². The summed E-state index contributed by atoms with van der Waals surface area (Å²) in [4.78, 5) is 12.8. The fourth-order valence-electron chi connectivity index (χ4n) is 3.56. The van der Waals surface area contributed by atoms with E-state index in [-0.39, 0.29) is 5.91 Å². The molecule has 1 aliphatic carbocycles. The molecule has 0 spiro atoms. The Morgan fingerprint density at radius 3 is 2.56 bits per heavy atom. The molecule has 1 N–H and O–H groups in total. The zero-order valence-corrected chi connectivity index (χ0v) is 18.5. The lowest BCUT2D eigenvalue weighted by molar-refractivity contribution is -0.122. The van der Waals surface area contributed by atoms with E-state index >= 15 is 0 Å². The zero-order valence-electron chi connectivity index (χ0n) is 16.8. The average molecular weight is 413 g/mol. The summed E-state index contributed by atoms with van der Waals surface area (Å²) in [7, 11) is -3.59. The third-order valence-corrected chi connectivity index (χ3v) is 7.54. The number of hydrogen-bond donors (Lipinski definition) is 1. The van der Waals surface area contributed by atoms with Crippen molar-refractivity contribution >= 4 is 33.4 Å². The number of aryl methyl sites for hydroxylation is 2. The lowest BCUT2D eigenvalue weighted by Crippen LogP contribution is -2.50. The fourth-order valence-corrected chi connectivity index (χ4v) is 6.05. The van der Waals surface area contributed by atoms with Gasteiger partial charge >= 0.3 is 0 Å². The lowest BCUT2D eigenvalue weighted by Gasteiger charge is -2.31. The van der Waals surface area contributed by atoms with Crippen LogP contribution in [0.3, 0.4) is 0 Å². The molecule has 0 radical (unpaired) electrons.